The number of rotatable bonds is 7. The molecule has 1 atom stereocenters. The molecule has 2 heteroatoms. The second-order valence-electron chi connectivity index (χ2n) is 5.03. The summed E-state index contributed by atoms with van der Waals surface area (Å²) in [6.07, 6.45) is 5.31. The molecular weight excluding hydrogens is 222 g/mol. The zero-order chi connectivity index (χ0) is 13.4. The van der Waals surface area contributed by atoms with E-state index in [0.29, 0.717) is 12.3 Å². The van der Waals surface area contributed by atoms with E-state index in [1.807, 2.05) is 31.2 Å². The minimum atomic E-state index is 0.141. The number of hydrogen-bond acceptors (Lipinski definition) is 1. The summed E-state index contributed by atoms with van der Waals surface area (Å²) in [5.74, 6) is 0.664. The van der Waals surface area contributed by atoms with Crippen LogP contribution in [-0.2, 0) is 4.79 Å². The molecule has 0 fully saturated rings. The molecule has 0 saturated carbocycles. The van der Waals surface area contributed by atoms with Crippen LogP contribution < -0.4 is 5.32 Å². The molecule has 0 bridgehead atoms. The van der Waals surface area contributed by atoms with Crippen molar-refractivity contribution in [1.82, 2.24) is 0 Å². The van der Waals surface area contributed by atoms with Crippen LogP contribution >= 0.6 is 0 Å². The van der Waals surface area contributed by atoms with E-state index in [9.17, 15) is 4.79 Å². The van der Waals surface area contributed by atoms with Gasteiger partial charge < -0.3 is 5.32 Å². The monoisotopic (exact) mass is 247 g/mol. The second-order valence-corrected chi connectivity index (χ2v) is 5.03. The van der Waals surface area contributed by atoms with Gasteiger partial charge in [-0.05, 0) is 31.4 Å². The highest BCUT2D eigenvalue weighted by Crippen LogP contribution is 2.18. The van der Waals surface area contributed by atoms with E-state index < -0.39 is 0 Å². The molecule has 1 aromatic carbocycles. The third-order valence-corrected chi connectivity index (χ3v) is 3.35. The first-order valence-corrected chi connectivity index (χ1v) is 7.02. The topological polar surface area (TPSA) is 29.1 Å². The summed E-state index contributed by atoms with van der Waals surface area (Å²) < 4.78 is 0. The number of benzene rings is 1. The SMILES string of the molecule is CCCCC(CC)CC(=O)Nc1ccc(C)cc1. The smallest absolute Gasteiger partial charge is 0.224 e. The number of unbranched alkanes of at least 4 members (excludes halogenated alkanes) is 1. The average molecular weight is 247 g/mol. The van der Waals surface area contributed by atoms with E-state index in [1.165, 1.54) is 18.4 Å². The van der Waals surface area contributed by atoms with Gasteiger partial charge in [0.25, 0.3) is 0 Å². The Hall–Kier alpha value is -1.31. The van der Waals surface area contributed by atoms with Crippen molar-refractivity contribution in [3.05, 3.63) is 29.8 Å². The van der Waals surface area contributed by atoms with Gasteiger partial charge in [-0.15, -0.1) is 0 Å². The number of hydrogen-bond donors (Lipinski definition) is 1. The Morgan fingerprint density at radius 3 is 2.44 bits per heavy atom. The fourth-order valence-corrected chi connectivity index (χ4v) is 2.05. The molecule has 0 saturated heterocycles. The highest BCUT2D eigenvalue weighted by molar-refractivity contribution is 5.90. The van der Waals surface area contributed by atoms with E-state index in [0.717, 1.165) is 18.5 Å². The highest BCUT2D eigenvalue weighted by Gasteiger charge is 2.11. The van der Waals surface area contributed by atoms with Crippen LogP contribution in [0.2, 0.25) is 0 Å². The molecule has 0 aliphatic rings. The molecular formula is C16H25NO. The molecule has 1 rings (SSSR count). The van der Waals surface area contributed by atoms with Gasteiger partial charge in [0.1, 0.15) is 0 Å². The summed E-state index contributed by atoms with van der Waals surface area (Å²) in [5.41, 5.74) is 2.11. The Labute approximate surface area is 111 Å². The predicted molar refractivity (Wildman–Crippen MR) is 77.7 cm³/mol. The van der Waals surface area contributed by atoms with Gasteiger partial charge in [0.15, 0.2) is 0 Å². The summed E-state index contributed by atoms with van der Waals surface area (Å²) in [7, 11) is 0. The van der Waals surface area contributed by atoms with Gasteiger partial charge in [0, 0.05) is 12.1 Å². The molecule has 2 nitrogen and oxygen atoms in total. The third kappa shape index (κ3) is 5.35. The van der Waals surface area contributed by atoms with Gasteiger partial charge in [-0.1, -0.05) is 50.8 Å². The molecule has 100 valence electrons. The van der Waals surface area contributed by atoms with E-state index in [4.69, 9.17) is 0 Å². The zero-order valence-corrected chi connectivity index (χ0v) is 11.8. The van der Waals surface area contributed by atoms with Gasteiger partial charge >= 0.3 is 0 Å². The molecule has 1 N–H and O–H groups in total. The summed E-state index contributed by atoms with van der Waals surface area (Å²) in [4.78, 5) is 11.9. The maximum absolute atomic E-state index is 11.9. The van der Waals surface area contributed by atoms with Crippen LogP contribution in [0.3, 0.4) is 0 Å². The standard InChI is InChI=1S/C16H25NO/c1-4-6-7-14(5-2)12-16(18)17-15-10-8-13(3)9-11-15/h8-11,14H,4-7,12H2,1-3H3,(H,17,18). The lowest BCUT2D eigenvalue weighted by Gasteiger charge is -2.14. The van der Waals surface area contributed by atoms with Crippen LogP contribution in [0.1, 0.15) is 51.5 Å². The number of aryl methyl sites for hydroxylation is 1. The lowest BCUT2D eigenvalue weighted by atomic mass is 9.95. The van der Waals surface area contributed by atoms with Gasteiger partial charge in [-0.3, -0.25) is 4.79 Å². The van der Waals surface area contributed by atoms with E-state index in [2.05, 4.69) is 19.2 Å². The Kier molecular flexibility index (Phi) is 6.48. The molecule has 0 aliphatic heterocycles. The molecule has 0 aliphatic carbocycles. The van der Waals surface area contributed by atoms with Crippen LogP contribution in [0.4, 0.5) is 5.69 Å². The molecule has 0 radical (unpaired) electrons. The van der Waals surface area contributed by atoms with Crippen molar-refractivity contribution in [3.63, 3.8) is 0 Å². The minimum absolute atomic E-state index is 0.141. The lowest BCUT2D eigenvalue weighted by molar-refractivity contribution is -0.117. The second kappa shape index (κ2) is 7.91. The Bertz CT molecular complexity index is 356. The summed E-state index contributed by atoms with van der Waals surface area (Å²) in [6, 6.07) is 7.95. The Balaban J connectivity index is 2.42. The van der Waals surface area contributed by atoms with Gasteiger partial charge in [0.2, 0.25) is 5.91 Å². The first-order valence-electron chi connectivity index (χ1n) is 7.02. The predicted octanol–water partition coefficient (Wildman–Crippen LogP) is 4.54. The zero-order valence-electron chi connectivity index (χ0n) is 11.8. The van der Waals surface area contributed by atoms with E-state index >= 15 is 0 Å². The molecule has 0 heterocycles. The first kappa shape index (κ1) is 14.7. The Morgan fingerprint density at radius 1 is 1.22 bits per heavy atom. The maximum Gasteiger partial charge on any atom is 0.224 e. The van der Waals surface area contributed by atoms with Gasteiger partial charge in [-0.25, -0.2) is 0 Å². The van der Waals surface area contributed by atoms with Crippen molar-refractivity contribution in [2.45, 2.75) is 52.9 Å². The third-order valence-electron chi connectivity index (χ3n) is 3.35. The fraction of sp³-hybridized carbons (Fsp3) is 0.562. The molecule has 0 spiro atoms. The van der Waals surface area contributed by atoms with Crippen molar-refractivity contribution >= 4 is 11.6 Å². The molecule has 0 aromatic heterocycles. The molecule has 1 unspecified atom stereocenters. The van der Waals surface area contributed by atoms with E-state index in [-0.39, 0.29) is 5.91 Å². The number of anilines is 1. The van der Waals surface area contributed by atoms with Crippen LogP contribution in [0, 0.1) is 12.8 Å². The summed E-state index contributed by atoms with van der Waals surface area (Å²) >= 11 is 0. The van der Waals surface area contributed by atoms with Crippen molar-refractivity contribution in [2.75, 3.05) is 5.32 Å². The molecule has 1 amide bonds. The number of carbonyl (C=O) groups excluding carboxylic acids is 1. The highest BCUT2D eigenvalue weighted by atomic mass is 16.1. The van der Waals surface area contributed by atoms with Gasteiger partial charge in [-0.2, -0.15) is 0 Å². The maximum atomic E-state index is 11.9. The summed E-state index contributed by atoms with van der Waals surface area (Å²) in [5, 5.41) is 2.97. The first-order chi connectivity index (χ1) is 8.65. The molecule has 18 heavy (non-hydrogen) atoms. The number of nitrogens with one attached hydrogen (secondary N) is 1. The van der Waals surface area contributed by atoms with Crippen molar-refractivity contribution in [3.8, 4) is 0 Å². The van der Waals surface area contributed by atoms with Crippen molar-refractivity contribution in [1.29, 1.82) is 0 Å². The Morgan fingerprint density at radius 2 is 1.89 bits per heavy atom. The fourth-order valence-electron chi connectivity index (χ4n) is 2.05. The van der Waals surface area contributed by atoms with E-state index in [1.54, 1.807) is 0 Å². The quantitative estimate of drug-likeness (QED) is 0.753. The van der Waals surface area contributed by atoms with Crippen LogP contribution in [-0.4, -0.2) is 5.91 Å². The number of amides is 1. The number of carbonyl (C=O) groups is 1. The van der Waals surface area contributed by atoms with Crippen molar-refractivity contribution in [2.24, 2.45) is 5.92 Å². The minimum Gasteiger partial charge on any atom is -0.326 e. The van der Waals surface area contributed by atoms with Crippen LogP contribution in [0.25, 0.3) is 0 Å². The van der Waals surface area contributed by atoms with Crippen molar-refractivity contribution < 1.29 is 4.79 Å². The van der Waals surface area contributed by atoms with Gasteiger partial charge in [0.05, 0.1) is 0 Å². The average Bonchev–Trinajstić information content (AvgIpc) is 2.37. The van der Waals surface area contributed by atoms with Crippen LogP contribution in [0.15, 0.2) is 24.3 Å². The lowest BCUT2D eigenvalue weighted by Crippen LogP contribution is -2.16. The largest absolute Gasteiger partial charge is 0.326 e. The van der Waals surface area contributed by atoms with Crippen LogP contribution in [0.5, 0.6) is 0 Å². The normalized spacial score (nSPS) is 12.2. The molecule has 1 aromatic rings. The summed E-state index contributed by atoms with van der Waals surface area (Å²) in [6.45, 7) is 6.40.